The second kappa shape index (κ2) is 5.92. The molecule has 0 bridgehead atoms. The number of anilines is 1. The average Bonchev–Trinajstić information content (AvgIpc) is 2.85. The molecule has 0 amide bonds. The Hall–Kier alpha value is -2.21. The normalized spacial score (nSPS) is 10.0. The van der Waals surface area contributed by atoms with Crippen LogP contribution in [0.4, 0.5) is 5.69 Å². The fourth-order valence-corrected chi connectivity index (χ4v) is 1.85. The molecule has 0 saturated heterocycles. The molecule has 0 radical (unpaired) electrons. The summed E-state index contributed by atoms with van der Waals surface area (Å²) in [6.45, 7) is 3.87. The number of nitrogens with one attached hydrogen (secondary N) is 1. The monoisotopic (exact) mass is 239 g/mol. The number of terminal acetylenes is 1. The van der Waals surface area contributed by atoms with Gasteiger partial charge in [-0.3, -0.25) is 0 Å². The highest BCUT2D eigenvalue weighted by atomic mass is 15.1. The van der Waals surface area contributed by atoms with Crippen molar-refractivity contribution in [1.82, 2.24) is 9.55 Å². The molecule has 3 nitrogen and oxygen atoms in total. The fourth-order valence-electron chi connectivity index (χ4n) is 1.85. The molecule has 92 valence electrons. The number of aromatic nitrogens is 2. The van der Waals surface area contributed by atoms with Gasteiger partial charge in [0.1, 0.15) is 5.82 Å². The Bertz CT molecular complexity index is 549. The Morgan fingerprint density at radius 1 is 1.44 bits per heavy atom. The minimum atomic E-state index is 0.709. The molecule has 18 heavy (non-hydrogen) atoms. The number of aryl methyl sites for hydroxylation is 1. The first-order valence-electron chi connectivity index (χ1n) is 6.14. The van der Waals surface area contributed by atoms with Crippen molar-refractivity contribution in [2.24, 2.45) is 0 Å². The lowest BCUT2D eigenvalue weighted by Gasteiger charge is -2.09. The molecule has 3 heteroatoms. The van der Waals surface area contributed by atoms with Gasteiger partial charge in [0.2, 0.25) is 0 Å². The van der Waals surface area contributed by atoms with Crippen molar-refractivity contribution in [3.05, 3.63) is 48.0 Å². The molecule has 0 saturated carbocycles. The van der Waals surface area contributed by atoms with Gasteiger partial charge in [-0.15, -0.1) is 6.42 Å². The van der Waals surface area contributed by atoms with E-state index in [0.717, 1.165) is 30.0 Å². The molecule has 0 unspecified atom stereocenters. The SMILES string of the molecule is C#Cc1cccc(NCc2nccn2CCC)c1. The van der Waals surface area contributed by atoms with Gasteiger partial charge >= 0.3 is 0 Å². The third kappa shape index (κ3) is 2.92. The topological polar surface area (TPSA) is 29.9 Å². The quantitative estimate of drug-likeness (QED) is 0.813. The molecule has 1 aromatic carbocycles. The molecule has 0 atom stereocenters. The fraction of sp³-hybridized carbons (Fsp3) is 0.267. The maximum Gasteiger partial charge on any atom is 0.128 e. The zero-order valence-corrected chi connectivity index (χ0v) is 10.6. The van der Waals surface area contributed by atoms with E-state index in [1.54, 1.807) is 0 Å². The molecule has 0 aliphatic carbocycles. The first-order chi connectivity index (χ1) is 8.83. The van der Waals surface area contributed by atoms with Crippen LogP contribution in [0.15, 0.2) is 36.7 Å². The van der Waals surface area contributed by atoms with Crippen LogP contribution in [0.3, 0.4) is 0 Å². The van der Waals surface area contributed by atoms with Crippen molar-refractivity contribution in [2.45, 2.75) is 26.4 Å². The van der Waals surface area contributed by atoms with Crippen molar-refractivity contribution in [2.75, 3.05) is 5.32 Å². The molecular weight excluding hydrogens is 222 g/mol. The van der Waals surface area contributed by atoms with Crippen LogP contribution in [-0.2, 0) is 13.1 Å². The molecule has 0 aliphatic heterocycles. The minimum absolute atomic E-state index is 0.709. The molecular formula is C15H17N3. The van der Waals surface area contributed by atoms with Gasteiger partial charge in [-0.2, -0.15) is 0 Å². The number of hydrogen-bond donors (Lipinski definition) is 1. The first-order valence-corrected chi connectivity index (χ1v) is 6.14. The van der Waals surface area contributed by atoms with Gasteiger partial charge in [-0.05, 0) is 24.6 Å². The lowest BCUT2D eigenvalue weighted by atomic mass is 10.2. The van der Waals surface area contributed by atoms with E-state index in [4.69, 9.17) is 6.42 Å². The predicted octanol–water partition coefficient (Wildman–Crippen LogP) is 2.89. The summed E-state index contributed by atoms with van der Waals surface area (Å²) in [5.74, 6) is 3.68. The smallest absolute Gasteiger partial charge is 0.128 e. The van der Waals surface area contributed by atoms with Crippen LogP contribution >= 0.6 is 0 Å². The van der Waals surface area contributed by atoms with Crippen LogP contribution in [0.5, 0.6) is 0 Å². The number of rotatable bonds is 5. The highest BCUT2D eigenvalue weighted by Crippen LogP contribution is 2.11. The lowest BCUT2D eigenvalue weighted by Crippen LogP contribution is -2.08. The predicted molar refractivity (Wildman–Crippen MR) is 74.2 cm³/mol. The highest BCUT2D eigenvalue weighted by molar-refractivity contribution is 5.49. The van der Waals surface area contributed by atoms with Crippen molar-refractivity contribution in [1.29, 1.82) is 0 Å². The van der Waals surface area contributed by atoms with Gasteiger partial charge < -0.3 is 9.88 Å². The standard InChI is InChI=1S/C15H17N3/c1-3-9-18-10-8-16-15(18)12-17-14-7-5-6-13(4-2)11-14/h2,5-8,10-11,17H,3,9,12H2,1H3. The van der Waals surface area contributed by atoms with Gasteiger partial charge in [0.25, 0.3) is 0 Å². The molecule has 1 N–H and O–H groups in total. The number of nitrogens with zero attached hydrogens (tertiary/aromatic N) is 2. The summed E-state index contributed by atoms with van der Waals surface area (Å²) in [5.41, 5.74) is 1.91. The van der Waals surface area contributed by atoms with Crippen LogP contribution in [0.2, 0.25) is 0 Å². The zero-order valence-electron chi connectivity index (χ0n) is 10.6. The first kappa shape index (κ1) is 12.3. The summed E-state index contributed by atoms with van der Waals surface area (Å²) < 4.78 is 2.16. The van der Waals surface area contributed by atoms with Gasteiger partial charge in [0.15, 0.2) is 0 Å². The molecule has 0 spiro atoms. The van der Waals surface area contributed by atoms with Crippen molar-refractivity contribution < 1.29 is 0 Å². The van der Waals surface area contributed by atoms with E-state index in [0.29, 0.717) is 6.54 Å². The largest absolute Gasteiger partial charge is 0.378 e. The zero-order chi connectivity index (χ0) is 12.8. The number of imidazole rings is 1. The highest BCUT2D eigenvalue weighted by Gasteiger charge is 2.01. The van der Waals surface area contributed by atoms with E-state index in [-0.39, 0.29) is 0 Å². The Morgan fingerprint density at radius 2 is 2.33 bits per heavy atom. The maximum absolute atomic E-state index is 5.38. The van der Waals surface area contributed by atoms with Crippen LogP contribution in [0.1, 0.15) is 24.7 Å². The summed E-state index contributed by atoms with van der Waals surface area (Å²) in [6.07, 6.45) is 10.3. The van der Waals surface area contributed by atoms with Gasteiger partial charge in [-0.1, -0.05) is 18.9 Å². The molecule has 1 aromatic heterocycles. The van der Waals surface area contributed by atoms with E-state index in [1.165, 1.54) is 0 Å². The number of hydrogen-bond acceptors (Lipinski definition) is 2. The van der Waals surface area contributed by atoms with E-state index in [9.17, 15) is 0 Å². The van der Waals surface area contributed by atoms with E-state index < -0.39 is 0 Å². The Balaban J connectivity index is 2.02. The maximum atomic E-state index is 5.38. The van der Waals surface area contributed by atoms with E-state index in [2.05, 4.69) is 27.7 Å². The summed E-state index contributed by atoms with van der Waals surface area (Å²) in [6, 6.07) is 7.85. The summed E-state index contributed by atoms with van der Waals surface area (Å²) in [7, 11) is 0. The molecule has 2 aromatic rings. The molecule has 1 heterocycles. The summed E-state index contributed by atoms with van der Waals surface area (Å²) >= 11 is 0. The second-order valence-electron chi connectivity index (χ2n) is 4.12. The molecule has 0 fully saturated rings. The van der Waals surface area contributed by atoms with Crippen LogP contribution in [-0.4, -0.2) is 9.55 Å². The Morgan fingerprint density at radius 3 is 3.11 bits per heavy atom. The van der Waals surface area contributed by atoms with E-state index in [1.807, 2.05) is 36.7 Å². The third-order valence-electron chi connectivity index (χ3n) is 2.75. The third-order valence-corrected chi connectivity index (χ3v) is 2.75. The Labute approximate surface area is 108 Å². The summed E-state index contributed by atoms with van der Waals surface area (Å²) in [5, 5.41) is 3.34. The van der Waals surface area contributed by atoms with Crippen LogP contribution < -0.4 is 5.32 Å². The molecule has 2 rings (SSSR count). The van der Waals surface area contributed by atoms with Gasteiger partial charge in [0.05, 0.1) is 6.54 Å². The Kier molecular flexibility index (Phi) is 4.03. The average molecular weight is 239 g/mol. The van der Waals surface area contributed by atoms with Crippen molar-refractivity contribution in [3.63, 3.8) is 0 Å². The number of benzene rings is 1. The lowest BCUT2D eigenvalue weighted by molar-refractivity contribution is 0.644. The second-order valence-corrected chi connectivity index (χ2v) is 4.12. The van der Waals surface area contributed by atoms with Crippen molar-refractivity contribution in [3.8, 4) is 12.3 Å². The van der Waals surface area contributed by atoms with Crippen LogP contribution in [0.25, 0.3) is 0 Å². The molecule has 0 aliphatic rings. The van der Waals surface area contributed by atoms with Gasteiger partial charge in [-0.25, -0.2) is 4.98 Å². The van der Waals surface area contributed by atoms with Crippen molar-refractivity contribution >= 4 is 5.69 Å². The van der Waals surface area contributed by atoms with Gasteiger partial charge in [0, 0.05) is 30.2 Å². The van der Waals surface area contributed by atoms with E-state index >= 15 is 0 Å². The van der Waals surface area contributed by atoms with Crippen LogP contribution in [0, 0.1) is 12.3 Å². The summed E-state index contributed by atoms with van der Waals surface area (Å²) in [4.78, 5) is 4.35. The minimum Gasteiger partial charge on any atom is -0.378 e.